The van der Waals surface area contributed by atoms with Gasteiger partial charge < -0.3 is 0 Å². The van der Waals surface area contributed by atoms with Crippen LogP contribution in [0.1, 0.15) is 17.5 Å². The van der Waals surface area contributed by atoms with Crippen LogP contribution in [0.2, 0.25) is 0 Å². The fourth-order valence-corrected chi connectivity index (χ4v) is 2.44. The van der Waals surface area contributed by atoms with Crippen LogP contribution < -0.4 is 0 Å². The Kier molecular flexibility index (Phi) is 4.03. The highest BCUT2D eigenvalue weighted by Gasteiger charge is 2.30. The van der Waals surface area contributed by atoms with Crippen LogP contribution >= 0.6 is 0 Å². The molecule has 0 aliphatic carbocycles. The molecular formula is C18H13N3. The number of benzene rings is 2. The minimum absolute atomic E-state index is 0.222. The van der Waals surface area contributed by atoms with Crippen molar-refractivity contribution in [1.82, 2.24) is 0 Å². The first-order valence-corrected chi connectivity index (χ1v) is 6.54. The van der Waals surface area contributed by atoms with E-state index in [0.29, 0.717) is 5.56 Å². The first kappa shape index (κ1) is 14.3. The number of hydrogen-bond donors (Lipinski definition) is 0. The summed E-state index contributed by atoms with van der Waals surface area (Å²) >= 11 is 0. The molecule has 0 unspecified atom stereocenters. The van der Waals surface area contributed by atoms with Crippen molar-refractivity contribution in [2.24, 2.45) is 5.41 Å². The van der Waals surface area contributed by atoms with Gasteiger partial charge in [0.1, 0.15) is 6.07 Å². The molecule has 0 aliphatic heterocycles. The second-order valence-electron chi connectivity index (χ2n) is 4.91. The van der Waals surface area contributed by atoms with Gasteiger partial charge in [0.2, 0.25) is 0 Å². The summed E-state index contributed by atoms with van der Waals surface area (Å²) in [7, 11) is 0. The van der Waals surface area contributed by atoms with Crippen LogP contribution in [0.4, 0.5) is 0 Å². The predicted molar refractivity (Wildman–Crippen MR) is 80.8 cm³/mol. The highest BCUT2D eigenvalue weighted by Crippen LogP contribution is 2.30. The molecule has 0 aromatic heterocycles. The van der Waals surface area contributed by atoms with Crippen molar-refractivity contribution in [2.45, 2.75) is 12.8 Å². The lowest BCUT2D eigenvalue weighted by atomic mass is 9.80. The van der Waals surface area contributed by atoms with E-state index < -0.39 is 5.41 Å². The second-order valence-corrected chi connectivity index (χ2v) is 4.91. The Balaban J connectivity index is 2.58. The van der Waals surface area contributed by atoms with Crippen LogP contribution in [0.25, 0.3) is 10.8 Å². The molecule has 0 bridgehead atoms. The van der Waals surface area contributed by atoms with Crippen LogP contribution in [0.15, 0.2) is 49.1 Å². The lowest BCUT2D eigenvalue weighted by molar-refractivity contribution is 0.527. The number of nitrogens with zero attached hydrogens (tertiary/aromatic N) is 3. The second kappa shape index (κ2) is 5.91. The van der Waals surface area contributed by atoms with Crippen LogP contribution in [0.5, 0.6) is 0 Å². The monoisotopic (exact) mass is 271 g/mol. The molecule has 0 fully saturated rings. The first-order valence-electron chi connectivity index (χ1n) is 6.54. The average Bonchev–Trinajstić information content (AvgIpc) is 2.54. The molecule has 21 heavy (non-hydrogen) atoms. The molecule has 0 radical (unpaired) electrons. The zero-order valence-corrected chi connectivity index (χ0v) is 11.5. The molecule has 2 aromatic carbocycles. The zero-order valence-electron chi connectivity index (χ0n) is 11.5. The minimum atomic E-state index is -1.17. The average molecular weight is 271 g/mol. The Labute approximate surface area is 124 Å². The molecular weight excluding hydrogens is 258 g/mol. The standard InChI is InChI=1S/C18H13N3/c1-2-9-18(12-20,13-21)10-15-8-7-14-5-3-4-6-16(14)17(15)11-19/h2-8H,1,9-10H2. The summed E-state index contributed by atoms with van der Waals surface area (Å²) < 4.78 is 0. The quantitative estimate of drug-likeness (QED) is 0.792. The van der Waals surface area contributed by atoms with Gasteiger partial charge in [-0.2, -0.15) is 15.8 Å². The van der Waals surface area contributed by atoms with Gasteiger partial charge in [-0.3, -0.25) is 0 Å². The van der Waals surface area contributed by atoms with Gasteiger partial charge in [0.15, 0.2) is 5.41 Å². The topological polar surface area (TPSA) is 71.4 Å². The lowest BCUT2D eigenvalue weighted by Gasteiger charge is -2.18. The molecule has 100 valence electrons. The summed E-state index contributed by atoms with van der Waals surface area (Å²) in [6, 6.07) is 17.7. The van der Waals surface area contributed by atoms with Crippen molar-refractivity contribution in [3.8, 4) is 18.2 Å². The Morgan fingerprint density at radius 3 is 2.38 bits per heavy atom. The molecule has 0 N–H and O–H groups in total. The third-order valence-corrected chi connectivity index (χ3v) is 3.54. The lowest BCUT2D eigenvalue weighted by Crippen LogP contribution is -2.19. The van der Waals surface area contributed by atoms with E-state index in [0.717, 1.165) is 16.3 Å². The van der Waals surface area contributed by atoms with Crippen LogP contribution in [0.3, 0.4) is 0 Å². The van der Waals surface area contributed by atoms with Crippen molar-refractivity contribution in [3.63, 3.8) is 0 Å². The van der Waals surface area contributed by atoms with Crippen molar-refractivity contribution in [2.75, 3.05) is 0 Å². The summed E-state index contributed by atoms with van der Waals surface area (Å²) in [4.78, 5) is 0. The molecule has 0 amide bonds. The maximum absolute atomic E-state index is 9.45. The van der Waals surface area contributed by atoms with Crippen LogP contribution in [-0.2, 0) is 6.42 Å². The fourth-order valence-electron chi connectivity index (χ4n) is 2.44. The molecule has 2 aromatic rings. The third-order valence-electron chi connectivity index (χ3n) is 3.54. The van der Waals surface area contributed by atoms with E-state index in [1.165, 1.54) is 0 Å². The fraction of sp³-hybridized carbons (Fsp3) is 0.167. The van der Waals surface area contributed by atoms with Crippen molar-refractivity contribution in [1.29, 1.82) is 15.8 Å². The van der Waals surface area contributed by atoms with E-state index in [4.69, 9.17) is 0 Å². The van der Waals surface area contributed by atoms with Crippen molar-refractivity contribution in [3.05, 3.63) is 60.2 Å². The van der Waals surface area contributed by atoms with E-state index >= 15 is 0 Å². The smallest absolute Gasteiger partial charge is 0.151 e. The summed E-state index contributed by atoms with van der Waals surface area (Å²) in [6.07, 6.45) is 2.07. The Morgan fingerprint density at radius 1 is 1.05 bits per heavy atom. The van der Waals surface area contributed by atoms with Gasteiger partial charge in [0.25, 0.3) is 0 Å². The zero-order chi connectivity index (χ0) is 15.3. The molecule has 3 nitrogen and oxygen atoms in total. The SMILES string of the molecule is C=CCC(C#N)(C#N)Cc1ccc2ccccc2c1C#N. The predicted octanol–water partition coefficient (Wildman–Crippen LogP) is 3.86. The molecule has 0 saturated heterocycles. The van der Waals surface area contributed by atoms with Gasteiger partial charge in [-0.15, -0.1) is 6.58 Å². The number of fused-ring (bicyclic) bond motifs is 1. The number of allylic oxidation sites excluding steroid dienone is 1. The molecule has 3 heteroatoms. The molecule has 0 heterocycles. The van der Waals surface area contributed by atoms with Gasteiger partial charge in [0, 0.05) is 6.42 Å². The Bertz CT molecular complexity index is 799. The molecule has 0 aliphatic rings. The largest absolute Gasteiger partial charge is 0.197 e. The Hall–Kier alpha value is -3.09. The maximum atomic E-state index is 9.45. The molecule has 2 rings (SSSR count). The molecule has 0 spiro atoms. The van der Waals surface area contributed by atoms with E-state index in [2.05, 4.69) is 24.8 Å². The van der Waals surface area contributed by atoms with Crippen molar-refractivity contribution < 1.29 is 0 Å². The van der Waals surface area contributed by atoms with Gasteiger partial charge in [-0.1, -0.05) is 42.5 Å². The highest BCUT2D eigenvalue weighted by molar-refractivity contribution is 5.89. The van der Waals surface area contributed by atoms with Gasteiger partial charge >= 0.3 is 0 Å². The van der Waals surface area contributed by atoms with E-state index in [1.807, 2.05) is 36.4 Å². The normalized spacial score (nSPS) is 10.3. The summed E-state index contributed by atoms with van der Waals surface area (Å²) in [6.45, 7) is 3.61. The number of hydrogen-bond acceptors (Lipinski definition) is 3. The number of rotatable bonds is 4. The minimum Gasteiger partial charge on any atom is -0.197 e. The van der Waals surface area contributed by atoms with Crippen LogP contribution in [-0.4, -0.2) is 0 Å². The summed E-state index contributed by atoms with van der Waals surface area (Å²) in [5.41, 5.74) is 0.0868. The van der Waals surface area contributed by atoms with E-state index in [1.54, 1.807) is 6.08 Å². The van der Waals surface area contributed by atoms with Gasteiger partial charge in [-0.25, -0.2) is 0 Å². The number of nitriles is 3. The van der Waals surface area contributed by atoms with Gasteiger partial charge in [0.05, 0.1) is 17.7 Å². The molecule has 0 saturated carbocycles. The van der Waals surface area contributed by atoms with Crippen molar-refractivity contribution >= 4 is 10.8 Å². The van der Waals surface area contributed by atoms with E-state index in [-0.39, 0.29) is 12.8 Å². The molecule has 0 atom stereocenters. The maximum Gasteiger partial charge on any atom is 0.151 e. The van der Waals surface area contributed by atoms with Gasteiger partial charge in [-0.05, 0) is 22.8 Å². The summed E-state index contributed by atoms with van der Waals surface area (Å²) in [5, 5.41) is 30.0. The Morgan fingerprint density at radius 2 is 1.76 bits per heavy atom. The highest BCUT2D eigenvalue weighted by atomic mass is 14.4. The first-order chi connectivity index (χ1) is 10.2. The van der Waals surface area contributed by atoms with Crippen LogP contribution in [0, 0.1) is 39.4 Å². The van der Waals surface area contributed by atoms with E-state index in [9.17, 15) is 15.8 Å². The third kappa shape index (κ3) is 2.62. The summed E-state index contributed by atoms with van der Waals surface area (Å²) in [5.74, 6) is 0.